The van der Waals surface area contributed by atoms with Gasteiger partial charge in [0.2, 0.25) is 5.91 Å². The summed E-state index contributed by atoms with van der Waals surface area (Å²) in [6.45, 7) is 3.64. The maximum absolute atomic E-state index is 12.1. The number of carbonyl (C=O) groups is 1. The van der Waals surface area contributed by atoms with Gasteiger partial charge in [-0.15, -0.1) is 0 Å². The van der Waals surface area contributed by atoms with Crippen molar-refractivity contribution in [2.24, 2.45) is 11.7 Å². The van der Waals surface area contributed by atoms with Crippen LogP contribution in [-0.2, 0) is 4.79 Å². The van der Waals surface area contributed by atoms with Gasteiger partial charge in [-0.05, 0) is 32.1 Å². The van der Waals surface area contributed by atoms with Crippen LogP contribution >= 0.6 is 0 Å². The predicted octanol–water partition coefficient (Wildman–Crippen LogP) is 1.91. The third-order valence-electron chi connectivity index (χ3n) is 4.48. The standard InChI is InChI=1S/C13H24N2O/c1-13(10-14)8-3-9-15(13)12(16)7-6-11-4-2-5-11/h11H,2-10,14H2,1H3. The van der Waals surface area contributed by atoms with E-state index in [0.29, 0.717) is 12.5 Å². The van der Waals surface area contributed by atoms with Crippen molar-refractivity contribution in [3.63, 3.8) is 0 Å². The number of carbonyl (C=O) groups excluding carboxylic acids is 1. The molecule has 1 aliphatic heterocycles. The SMILES string of the molecule is CC1(CN)CCCN1C(=O)CCC1CCC1. The molecule has 0 spiro atoms. The van der Waals surface area contributed by atoms with Gasteiger partial charge in [-0.3, -0.25) is 4.79 Å². The molecule has 16 heavy (non-hydrogen) atoms. The summed E-state index contributed by atoms with van der Waals surface area (Å²) in [7, 11) is 0. The van der Waals surface area contributed by atoms with Gasteiger partial charge < -0.3 is 10.6 Å². The van der Waals surface area contributed by atoms with Crippen LogP contribution in [-0.4, -0.2) is 29.4 Å². The highest BCUT2D eigenvalue weighted by molar-refractivity contribution is 5.77. The first-order chi connectivity index (χ1) is 7.65. The number of likely N-dealkylation sites (tertiary alicyclic amines) is 1. The lowest BCUT2D eigenvalue weighted by Gasteiger charge is -2.35. The zero-order valence-electron chi connectivity index (χ0n) is 10.4. The van der Waals surface area contributed by atoms with Crippen molar-refractivity contribution in [2.45, 2.75) is 57.4 Å². The third kappa shape index (κ3) is 2.24. The maximum Gasteiger partial charge on any atom is 0.223 e. The van der Waals surface area contributed by atoms with Crippen LogP contribution in [0.3, 0.4) is 0 Å². The van der Waals surface area contributed by atoms with Gasteiger partial charge in [-0.1, -0.05) is 19.3 Å². The lowest BCUT2D eigenvalue weighted by Crippen LogP contribution is -2.50. The molecule has 3 heteroatoms. The summed E-state index contributed by atoms with van der Waals surface area (Å²) in [5, 5.41) is 0. The van der Waals surface area contributed by atoms with Crippen molar-refractivity contribution in [2.75, 3.05) is 13.1 Å². The first-order valence-electron chi connectivity index (χ1n) is 6.66. The highest BCUT2D eigenvalue weighted by atomic mass is 16.2. The monoisotopic (exact) mass is 224 g/mol. The van der Waals surface area contributed by atoms with Crippen molar-refractivity contribution in [1.29, 1.82) is 0 Å². The first-order valence-corrected chi connectivity index (χ1v) is 6.66. The molecule has 2 rings (SSSR count). The maximum atomic E-state index is 12.1. The summed E-state index contributed by atoms with van der Waals surface area (Å²) >= 11 is 0. The number of amides is 1. The quantitative estimate of drug-likeness (QED) is 0.793. The Morgan fingerprint density at radius 3 is 2.75 bits per heavy atom. The summed E-state index contributed by atoms with van der Waals surface area (Å²) in [4.78, 5) is 14.2. The Labute approximate surface area is 98.4 Å². The summed E-state index contributed by atoms with van der Waals surface area (Å²) in [5.74, 6) is 1.16. The molecule has 0 aromatic carbocycles. The van der Waals surface area contributed by atoms with E-state index in [4.69, 9.17) is 5.73 Å². The Bertz CT molecular complexity index is 263. The molecule has 1 aliphatic carbocycles. The lowest BCUT2D eigenvalue weighted by atomic mass is 9.82. The largest absolute Gasteiger partial charge is 0.336 e. The number of hydrogen-bond donors (Lipinski definition) is 1. The minimum atomic E-state index is -0.0588. The topological polar surface area (TPSA) is 46.3 Å². The smallest absolute Gasteiger partial charge is 0.223 e. The fourth-order valence-electron chi connectivity index (χ4n) is 2.90. The summed E-state index contributed by atoms with van der Waals surface area (Å²) in [6, 6.07) is 0. The molecule has 0 aromatic heterocycles. The Balaban J connectivity index is 1.83. The van der Waals surface area contributed by atoms with E-state index in [-0.39, 0.29) is 5.54 Å². The van der Waals surface area contributed by atoms with Crippen LogP contribution in [0.2, 0.25) is 0 Å². The molecule has 1 saturated heterocycles. The van der Waals surface area contributed by atoms with Crippen LogP contribution in [0.4, 0.5) is 0 Å². The van der Waals surface area contributed by atoms with Gasteiger partial charge in [-0.25, -0.2) is 0 Å². The fraction of sp³-hybridized carbons (Fsp3) is 0.923. The molecule has 0 bridgehead atoms. The molecular formula is C13H24N2O. The van der Waals surface area contributed by atoms with Gasteiger partial charge in [0.05, 0.1) is 5.54 Å². The van der Waals surface area contributed by atoms with E-state index in [1.807, 2.05) is 4.90 Å². The second-order valence-electron chi connectivity index (χ2n) is 5.69. The highest BCUT2D eigenvalue weighted by Gasteiger charge is 2.38. The van der Waals surface area contributed by atoms with Crippen LogP contribution in [0, 0.1) is 5.92 Å². The van der Waals surface area contributed by atoms with Crippen LogP contribution < -0.4 is 5.73 Å². The molecule has 1 amide bonds. The van der Waals surface area contributed by atoms with Gasteiger partial charge in [0.15, 0.2) is 0 Å². The van der Waals surface area contributed by atoms with Crippen LogP contribution in [0.25, 0.3) is 0 Å². The Morgan fingerprint density at radius 1 is 1.44 bits per heavy atom. The molecule has 2 aliphatic rings. The van der Waals surface area contributed by atoms with Crippen LogP contribution in [0.5, 0.6) is 0 Å². The molecular weight excluding hydrogens is 200 g/mol. The van der Waals surface area contributed by atoms with E-state index >= 15 is 0 Å². The van der Waals surface area contributed by atoms with Gasteiger partial charge in [0.1, 0.15) is 0 Å². The fourth-order valence-corrected chi connectivity index (χ4v) is 2.90. The molecule has 92 valence electrons. The van der Waals surface area contributed by atoms with Crippen molar-refractivity contribution < 1.29 is 4.79 Å². The minimum Gasteiger partial charge on any atom is -0.336 e. The third-order valence-corrected chi connectivity index (χ3v) is 4.48. The van der Waals surface area contributed by atoms with Gasteiger partial charge in [0.25, 0.3) is 0 Å². The zero-order valence-corrected chi connectivity index (χ0v) is 10.4. The van der Waals surface area contributed by atoms with Gasteiger partial charge >= 0.3 is 0 Å². The molecule has 2 N–H and O–H groups in total. The van der Waals surface area contributed by atoms with Crippen molar-refractivity contribution >= 4 is 5.91 Å². The first kappa shape index (κ1) is 11.9. The molecule has 3 nitrogen and oxygen atoms in total. The van der Waals surface area contributed by atoms with Crippen molar-refractivity contribution in [3.8, 4) is 0 Å². The second-order valence-corrected chi connectivity index (χ2v) is 5.69. The average Bonchev–Trinajstić information content (AvgIpc) is 2.59. The second kappa shape index (κ2) is 4.74. The summed E-state index contributed by atoms with van der Waals surface area (Å²) in [6.07, 6.45) is 8.05. The zero-order chi connectivity index (χ0) is 11.6. The summed E-state index contributed by atoms with van der Waals surface area (Å²) in [5.41, 5.74) is 5.74. The Morgan fingerprint density at radius 2 is 2.19 bits per heavy atom. The highest BCUT2D eigenvalue weighted by Crippen LogP contribution is 2.33. The molecule has 0 radical (unpaired) electrons. The molecule has 1 atom stereocenters. The van der Waals surface area contributed by atoms with E-state index in [1.54, 1.807) is 0 Å². The van der Waals surface area contributed by atoms with Crippen molar-refractivity contribution in [3.05, 3.63) is 0 Å². The van der Waals surface area contributed by atoms with Gasteiger partial charge in [0, 0.05) is 19.5 Å². The van der Waals surface area contributed by atoms with Crippen LogP contribution in [0.1, 0.15) is 51.9 Å². The van der Waals surface area contributed by atoms with E-state index in [0.717, 1.165) is 38.1 Å². The minimum absolute atomic E-state index is 0.0588. The van der Waals surface area contributed by atoms with Crippen LogP contribution in [0.15, 0.2) is 0 Å². The van der Waals surface area contributed by atoms with E-state index in [2.05, 4.69) is 6.92 Å². The number of hydrogen-bond acceptors (Lipinski definition) is 2. The van der Waals surface area contributed by atoms with E-state index in [1.165, 1.54) is 19.3 Å². The van der Waals surface area contributed by atoms with E-state index < -0.39 is 0 Å². The molecule has 1 heterocycles. The van der Waals surface area contributed by atoms with Gasteiger partial charge in [-0.2, -0.15) is 0 Å². The molecule has 1 unspecified atom stereocenters. The molecule has 1 saturated carbocycles. The normalized spacial score (nSPS) is 30.5. The Hall–Kier alpha value is -0.570. The van der Waals surface area contributed by atoms with E-state index in [9.17, 15) is 4.79 Å². The molecule has 2 fully saturated rings. The van der Waals surface area contributed by atoms with Crippen molar-refractivity contribution in [1.82, 2.24) is 4.90 Å². The average molecular weight is 224 g/mol. The number of nitrogens with two attached hydrogens (primary N) is 1. The predicted molar refractivity (Wildman–Crippen MR) is 65.0 cm³/mol. The number of nitrogens with zero attached hydrogens (tertiary/aromatic N) is 1. The summed E-state index contributed by atoms with van der Waals surface area (Å²) < 4.78 is 0. The Kier molecular flexibility index (Phi) is 3.53. The molecule has 0 aromatic rings. The number of rotatable bonds is 4. The lowest BCUT2D eigenvalue weighted by molar-refractivity contribution is -0.135.